The van der Waals surface area contributed by atoms with E-state index >= 15 is 0 Å². The van der Waals surface area contributed by atoms with Gasteiger partial charge in [-0.05, 0) is 24.2 Å². The van der Waals surface area contributed by atoms with E-state index in [1.807, 2.05) is 0 Å². The Kier molecular flexibility index (Phi) is 3.78. The summed E-state index contributed by atoms with van der Waals surface area (Å²) >= 11 is 1.33. The highest BCUT2D eigenvalue weighted by Gasteiger charge is 2.08. The number of aryl methyl sites for hydroxylation is 1. The van der Waals surface area contributed by atoms with Gasteiger partial charge >= 0.3 is 5.13 Å². The van der Waals surface area contributed by atoms with Gasteiger partial charge in [-0.25, -0.2) is 0 Å². The van der Waals surface area contributed by atoms with Gasteiger partial charge in [-0.2, -0.15) is 8.42 Å². The number of anilines is 1. The largest absolute Gasteiger partial charge is 0.353 e. The number of hydrogen-bond acceptors (Lipinski definition) is 5. The van der Waals surface area contributed by atoms with Crippen LogP contribution in [0.1, 0.15) is 12.8 Å². The lowest BCUT2D eigenvalue weighted by Crippen LogP contribution is -2.38. The van der Waals surface area contributed by atoms with Crippen molar-refractivity contribution in [3.63, 3.8) is 0 Å². The second-order valence-corrected chi connectivity index (χ2v) is 5.23. The van der Waals surface area contributed by atoms with Crippen molar-refractivity contribution in [2.45, 2.75) is 19.4 Å². The molecule has 1 rings (SSSR count). The average Bonchev–Trinajstić information content (AvgIpc) is 2.44. The molecule has 8 heteroatoms. The molecule has 0 aromatic carbocycles. The first kappa shape index (κ1) is 11.3. The monoisotopic (exact) mass is 238 g/mol. The molecule has 14 heavy (non-hydrogen) atoms. The van der Waals surface area contributed by atoms with E-state index in [1.165, 1.54) is 11.3 Å². The van der Waals surface area contributed by atoms with Gasteiger partial charge in [-0.1, -0.05) is 5.10 Å². The molecule has 0 aliphatic rings. The fourth-order valence-electron chi connectivity index (χ4n) is 0.966. The zero-order valence-electron chi connectivity index (χ0n) is 7.46. The second-order valence-electron chi connectivity index (χ2n) is 2.79. The van der Waals surface area contributed by atoms with Crippen LogP contribution in [-0.4, -0.2) is 23.8 Å². The van der Waals surface area contributed by atoms with E-state index in [-0.39, 0.29) is 5.75 Å². The first-order valence-corrected chi connectivity index (χ1v) is 6.52. The molecule has 6 nitrogen and oxygen atoms in total. The molecule has 0 amide bonds. The van der Waals surface area contributed by atoms with Gasteiger partial charge in [0, 0.05) is 0 Å². The Morgan fingerprint density at radius 3 is 2.79 bits per heavy atom. The lowest BCUT2D eigenvalue weighted by Gasteiger charge is -1.96. The zero-order chi connectivity index (χ0) is 10.6. The number of nitrogens with zero attached hydrogens (tertiary/aromatic N) is 2. The van der Waals surface area contributed by atoms with Crippen LogP contribution in [0, 0.1) is 0 Å². The van der Waals surface area contributed by atoms with Crippen LogP contribution >= 0.6 is 11.3 Å². The summed E-state index contributed by atoms with van der Waals surface area (Å²) in [6, 6.07) is 0. The molecule has 1 aromatic rings. The standard InChI is InChI=1S/C6H11N3O3S2/c7-6-9(8-5-13-6)3-1-2-4-14(10,11)12/h5,7H,1-4H2,(H,10,11,12)/p+1. The van der Waals surface area contributed by atoms with Crippen LogP contribution in [0.5, 0.6) is 0 Å². The summed E-state index contributed by atoms with van der Waals surface area (Å²) in [5.41, 5.74) is 7.18. The van der Waals surface area contributed by atoms with Gasteiger partial charge in [0.15, 0.2) is 0 Å². The quantitative estimate of drug-likeness (QED) is 0.416. The SMILES string of the molecule is Nc1scn[n+]1CCCCS(=O)(=O)O. The first-order valence-electron chi connectivity index (χ1n) is 4.03. The molecule has 1 aromatic heterocycles. The van der Waals surface area contributed by atoms with E-state index in [0.717, 1.165) is 0 Å². The Bertz CT molecular complexity index is 387. The molecule has 0 saturated heterocycles. The Morgan fingerprint density at radius 2 is 2.29 bits per heavy atom. The molecule has 1 heterocycles. The third kappa shape index (κ3) is 3.99. The number of hydrogen-bond donors (Lipinski definition) is 2. The smallest absolute Gasteiger partial charge is 0.286 e. The van der Waals surface area contributed by atoms with Crippen LogP contribution in [-0.2, 0) is 16.7 Å². The van der Waals surface area contributed by atoms with Gasteiger partial charge < -0.3 is 0 Å². The maximum absolute atomic E-state index is 10.4. The highest BCUT2D eigenvalue weighted by Crippen LogP contribution is 2.01. The molecular weight excluding hydrogens is 226 g/mol. The van der Waals surface area contributed by atoms with Gasteiger partial charge in [0.05, 0.1) is 5.75 Å². The van der Waals surface area contributed by atoms with E-state index in [1.54, 1.807) is 10.2 Å². The van der Waals surface area contributed by atoms with Crippen molar-refractivity contribution in [2.75, 3.05) is 11.5 Å². The molecule has 0 fully saturated rings. The van der Waals surface area contributed by atoms with E-state index in [2.05, 4.69) is 5.10 Å². The fourth-order valence-corrected chi connectivity index (χ4v) is 2.06. The van der Waals surface area contributed by atoms with Crippen molar-refractivity contribution in [2.24, 2.45) is 0 Å². The maximum atomic E-state index is 10.4. The molecule has 0 atom stereocenters. The fraction of sp³-hybridized carbons (Fsp3) is 0.667. The second kappa shape index (κ2) is 4.67. The summed E-state index contributed by atoms with van der Waals surface area (Å²) in [6.07, 6.45) is 1.03. The van der Waals surface area contributed by atoms with Crippen LogP contribution in [0.4, 0.5) is 5.13 Å². The van der Waals surface area contributed by atoms with E-state index in [9.17, 15) is 8.42 Å². The predicted molar refractivity (Wildman–Crippen MR) is 52.4 cm³/mol. The Labute approximate surface area is 86.1 Å². The molecule has 0 aliphatic heterocycles. The summed E-state index contributed by atoms with van der Waals surface area (Å²) in [6.45, 7) is 0.574. The number of nitrogens with two attached hydrogens (primary N) is 1. The van der Waals surface area contributed by atoms with Crippen molar-refractivity contribution in [1.82, 2.24) is 5.10 Å². The summed E-state index contributed by atoms with van der Waals surface area (Å²) < 4.78 is 30.8. The van der Waals surface area contributed by atoms with Gasteiger partial charge in [0.1, 0.15) is 12.1 Å². The molecule has 0 radical (unpaired) electrons. The lowest BCUT2D eigenvalue weighted by molar-refractivity contribution is -0.736. The van der Waals surface area contributed by atoms with Crippen LogP contribution in [0.25, 0.3) is 0 Å². The van der Waals surface area contributed by atoms with Crippen molar-refractivity contribution < 1.29 is 17.7 Å². The molecule has 80 valence electrons. The van der Waals surface area contributed by atoms with Crippen molar-refractivity contribution in [1.29, 1.82) is 0 Å². The molecular formula is C6H12N3O3S2+. The predicted octanol–water partition coefficient (Wildman–Crippen LogP) is -0.319. The number of unbranched alkanes of at least 4 members (excludes halogenated alkanes) is 1. The minimum absolute atomic E-state index is 0.211. The van der Waals surface area contributed by atoms with E-state index in [0.29, 0.717) is 24.5 Å². The number of rotatable bonds is 5. The first-order chi connectivity index (χ1) is 6.49. The average molecular weight is 238 g/mol. The number of nitrogen functional groups attached to an aromatic ring is 1. The minimum atomic E-state index is -3.83. The van der Waals surface area contributed by atoms with Crippen molar-refractivity contribution in [3.05, 3.63) is 5.51 Å². The van der Waals surface area contributed by atoms with Gasteiger partial charge in [0.2, 0.25) is 0 Å². The van der Waals surface area contributed by atoms with Crippen LogP contribution in [0.3, 0.4) is 0 Å². The third-order valence-corrected chi connectivity index (χ3v) is 3.09. The Hall–Kier alpha value is -0.730. The zero-order valence-corrected chi connectivity index (χ0v) is 9.09. The topological polar surface area (TPSA) is 97.2 Å². The Balaban J connectivity index is 2.26. The highest BCUT2D eigenvalue weighted by molar-refractivity contribution is 7.85. The van der Waals surface area contributed by atoms with Crippen LogP contribution in [0.15, 0.2) is 5.51 Å². The highest BCUT2D eigenvalue weighted by atomic mass is 32.2. The van der Waals surface area contributed by atoms with Crippen molar-refractivity contribution >= 4 is 26.6 Å². The molecule has 0 unspecified atom stereocenters. The summed E-state index contributed by atoms with van der Waals surface area (Å²) in [4.78, 5) is 0. The molecule has 0 saturated carbocycles. The van der Waals surface area contributed by atoms with Crippen LogP contribution < -0.4 is 10.4 Å². The summed E-state index contributed by atoms with van der Waals surface area (Å²) in [5, 5.41) is 4.54. The van der Waals surface area contributed by atoms with Gasteiger partial charge in [-0.15, -0.1) is 4.68 Å². The normalized spacial score (nSPS) is 11.8. The van der Waals surface area contributed by atoms with Gasteiger partial charge in [0.25, 0.3) is 10.1 Å². The molecule has 0 aliphatic carbocycles. The maximum Gasteiger partial charge on any atom is 0.353 e. The van der Waals surface area contributed by atoms with Gasteiger partial charge in [-0.3, -0.25) is 10.3 Å². The van der Waals surface area contributed by atoms with Crippen LogP contribution in [0.2, 0.25) is 0 Å². The summed E-state index contributed by atoms with van der Waals surface area (Å²) in [7, 11) is -3.83. The van der Waals surface area contributed by atoms with Crippen molar-refractivity contribution in [3.8, 4) is 0 Å². The molecule has 3 N–H and O–H groups in total. The Morgan fingerprint density at radius 1 is 1.57 bits per heavy atom. The third-order valence-electron chi connectivity index (χ3n) is 1.64. The summed E-state index contributed by atoms with van der Waals surface area (Å²) in [5.74, 6) is -0.211. The molecule has 0 spiro atoms. The minimum Gasteiger partial charge on any atom is -0.286 e. The lowest BCUT2D eigenvalue weighted by atomic mass is 10.3. The van der Waals surface area contributed by atoms with E-state index < -0.39 is 10.1 Å². The van der Waals surface area contributed by atoms with E-state index in [4.69, 9.17) is 10.3 Å². The molecule has 0 bridgehead atoms. The number of aromatic nitrogens is 2.